The lowest BCUT2D eigenvalue weighted by Crippen LogP contribution is -2.44. The Kier molecular flexibility index (Phi) is 4.98. The summed E-state index contributed by atoms with van der Waals surface area (Å²) in [6.45, 7) is 3.88. The molecule has 0 fully saturated rings. The van der Waals surface area contributed by atoms with Crippen LogP contribution in [0.15, 0.2) is 72.9 Å². The number of rotatable bonds is 6. The van der Waals surface area contributed by atoms with E-state index in [0.717, 1.165) is 5.69 Å². The van der Waals surface area contributed by atoms with Crippen LogP contribution in [0.2, 0.25) is 0 Å². The van der Waals surface area contributed by atoms with Gasteiger partial charge in [-0.05, 0) is 37.3 Å². The maximum atomic E-state index is 6.26. The zero-order chi connectivity index (χ0) is 18.6. The van der Waals surface area contributed by atoms with Crippen LogP contribution in [-0.2, 0) is 0 Å². The quantitative estimate of drug-likeness (QED) is 0.651. The Morgan fingerprint density at radius 2 is 1.35 bits per heavy atom. The molecule has 0 aliphatic heterocycles. The smallest absolute Gasteiger partial charge is 0.256 e. The van der Waals surface area contributed by atoms with Gasteiger partial charge in [-0.2, -0.15) is 0 Å². The molecular formula is C21H23N3O2. The van der Waals surface area contributed by atoms with E-state index in [4.69, 9.17) is 20.9 Å². The Hall–Kier alpha value is -3.21. The van der Waals surface area contributed by atoms with Crippen molar-refractivity contribution in [2.45, 2.75) is 25.6 Å². The number of hydrogen-bond acceptors (Lipinski definition) is 5. The minimum absolute atomic E-state index is 0.217. The first-order valence-electron chi connectivity index (χ1n) is 8.47. The Morgan fingerprint density at radius 1 is 0.846 bits per heavy atom. The molecule has 0 spiro atoms. The molecule has 2 aromatic carbocycles. The van der Waals surface area contributed by atoms with Crippen molar-refractivity contribution < 1.29 is 9.47 Å². The van der Waals surface area contributed by atoms with Gasteiger partial charge < -0.3 is 20.9 Å². The number of benzene rings is 2. The van der Waals surface area contributed by atoms with Gasteiger partial charge >= 0.3 is 0 Å². The maximum Gasteiger partial charge on any atom is 0.256 e. The second-order valence-electron chi connectivity index (χ2n) is 6.31. The van der Waals surface area contributed by atoms with Gasteiger partial charge in [0.25, 0.3) is 5.79 Å². The lowest BCUT2D eigenvalue weighted by molar-refractivity contribution is -0.115. The van der Waals surface area contributed by atoms with Gasteiger partial charge in [0.15, 0.2) is 0 Å². The highest BCUT2D eigenvalue weighted by atomic mass is 16.7. The van der Waals surface area contributed by atoms with Gasteiger partial charge in [0.2, 0.25) is 0 Å². The summed E-state index contributed by atoms with van der Waals surface area (Å²) < 4.78 is 12.5. The number of nitrogen functional groups attached to an aromatic ring is 2. The zero-order valence-electron chi connectivity index (χ0n) is 14.9. The fourth-order valence-electron chi connectivity index (χ4n) is 2.65. The van der Waals surface area contributed by atoms with Crippen molar-refractivity contribution in [3.63, 3.8) is 0 Å². The lowest BCUT2D eigenvalue weighted by atomic mass is 9.96. The van der Waals surface area contributed by atoms with Crippen molar-refractivity contribution in [3.05, 3.63) is 78.6 Å². The SMILES string of the molecule is CC(c1cc(N)c(N)cn1)C(C)(Oc1ccccc1)Oc1ccccc1. The molecule has 0 aliphatic carbocycles. The second kappa shape index (κ2) is 7.35. The lowest BCUT2D eigenvalue weighted by Gasteiger charge is -2.36. The molecule has 5 nitrogen and oxygen atoms in total. The largest absolute Gasteiger partial charge is 0.452 e. The first-order valence-corrected chi connectivity index (χ1v) is 8.47. The van der Waals surface area contributed by atoms with E-state index in [1.807, 2.05) is 74.5 Å². The molecule has 0 aliphatic rings. The van der Waals surface area contributed by atoms with Gasteiger partial charge in [-0.1, -0.05) is 36.4 Å². The molecule has 134 valence electrons. The van der Waals surface area contributed by atoms with Crippen molar-refractivity contribution >= 4 is 11.4 Å². The van der Waals surface area contributed by atoms with E-state index in [0.29, 0.717) is 22.9 Å². The van der Waals surface area contributed by atoms with Gasteiger partial charge in [0.1, 0.15) is 11.5 Å². The van der Waals surface area contributed by atoms with E-state index in [1.165, 1.54) is 0 Å². The number of pyridine rings is 1. The zero-order valence-corrected chi connectivity index (χ0v) is 14.9. The molecular weight excluding hydrogens is 326 g/mol. The molecule has 4 N–H and O–H groups in total. The summed E-state index contributed by atoms with van der Waals surface area (Å²) in [6.07, 6.45) is 1.56. The van der Waals surface area contributed by atoms with E-state index in [1.54, 1.807) is 12.3 Å². The van der Waals surface area contributed by atoms with E-state index >= 15 is 0 Å². The number of hydrogen-bond donors (Lipinski definition) is 2. The predicted molar refractivity (Wildman–Crippen MR) is 104 cm³/mol. The highest BCUT2D eigenvalue weighted by Crippen LogP contribution is 2.35. The standard InChI is InChI=1S/C21H23N3O2/c1-15(20-13-18(22)19(23)14-24-20)21(2,25-16-9-5-3-6-10-16)26-17-11-7-4-8-12-17/h3-15H,23H2,1-2H3,(H2,22,24). The fraction of sp³-hybridized carbons (Fsp3) is 0.190. The summed E-state index contributed by atoms with van der Waals surface area (Å²) in [5.41, 5.74) is 13.4. The predicted octanol–water partition coefficient (Wildman–Crippen LogP) is 4.22. The third kappa shape index (κ3) is 3.88. The minimum Gasteiger partial charge on any atom is -0.452 e. The van der Waals surface area contributed by atoms with E-state index in [2.05, 4.69) is 4.98 Å². The van der Waals surface area contributed by atoms with Crippen molar-refractivity contribution in [2.24, 2.45) is 0 Å². The summed E-state index contributed by atoms with van der Waals surface area (Å²) >= 11 is 0. The normalized spacial score (nSPS) is 12.4. The van der Waals surface area contributed by atoms with Crippen LogP contribution in [0, 0.1) is 0 Å². The first-order chi connectivity index (χ1) is 12.5. The van der Waals surface area contributed by atoms with Crippen LogP contribution in [0.3, 0.4) is 0 Å². The molecule has 3 aromatic rings. The molecule has 0 saturated heterocycles. The highest BCUT2D eigenvalue weighted by Gasteiger charge is 2.38. The van der Waals surface area contributed by atoms with Crippen molar-refractivity contribution in [3.8, 4) is 11.5 Å². The summed E-state index contributed by atoms with van der Waals surface area (Å²) in [6, 6.07) is 20.9. The van der Waals surface area contributed by atoms with Crippen LogP contribution in [0.1, 0.15) is 25.5 Å². The van der Waals surface area contributed by atoms with Crippen LogP contribution in [-0.4, -0.2) is 10.8 Å². The van der Waals surface area contributed by atoms with Crippen molar-refractivity contribution in [1.82, 2.24) is 4.98 Å². The van der Waals surface area contributed by atoms with Crippen LogP contribution in [0.4, 0.5) is 11.4 Å². The molecule has 1 heterocycles. The first kappa shape index (κ1) is 17.6. The summed E-state index contributed by atoms with van der Waals surface area (Å²) in [5, 5.41) is 0. The van der Waals surface area contributed by atoms with Gasteiger partial charge in [-0.25, -0.2) is 0 Å². The van der Waals surface area contributed by atoms with Crippen molar-refractivity contribution in [1.29, 1.82) is 0 Å². The van der Waals surface area contributed by atoms with Crippen molar-refractivity contribution in [2.75, 3.05) is 11.5 Å². The number of ether oxygens (including phenoxy) is 2. The molecule has 0 bridgehead atoms. The third-order valence-electron chi connectivity index (χ3n) is 4.35. The molecule has 1 unspecified atom stereocenters. The molecule has 1 atom stereocenters. The Balaban J connectivity index is 1.96. The number of nitrogens with two attached hydrogens (primary N) is 2. The highest BCUT2D eigenvalue weighted by molar-refractivity contribution is 5.62. The maximum absolute atomic E-state index is 6.26. The molecule has 3 rings (SSSR count). The van der Waals surface area contributed by atoms with Crippen LogP contribution >= 0.6 is 0 Å². The number of anilines is 2. The fourth-order valence-corrected chi connectivity index (χ4v) is 2.65. The minimum atomic E-state index is -1.00. The molecule has 0 radical (unpaired) electrons. The van der Waals surface area contributed by atoms with Crippen LogP contribution in [0.5, 0.6) is 11.5 Å². The summed E-state index contributed by atoms with van der Waals surface area (Å²) in [7, 11) is 0. The molecule has 1 aromatic heterocycles. The van der Waals surface area contributed by atoms with Gasteiger partial charge in [-0.3, -0.25) is 4.98 Å². The van der Waals surface area contributed by atoms with E-state index in [-0.39, 0.29) is 5.92 Å². The topological polar surface area (TPSA) is 83.4 Å². The summed E-state index contributed by atoms with van der Waals surface area (Å²) in [5.74, 6) is 0.200. The second-order valence-corrected chi connectivity index (χ2v) is 6.31. The third-order valence-corrected chi connectivity index (χ3v) is 4.35. The number of para-hydroxylation sites is 2. The Morgan fingerprint density at radius 3 is 1.81 bits per heavy atom. The summed E-state index contributed by atoms with van der Waals surface area (Å²) in [4.78, 5) is 4.42. The molecule has 0 saturated carbocycles. The molecule has 26 heavy (non-hydrogen) atoms. The van der Waals surface area contributed by atoms with E-state index in [9.17, 15) is 0 Å². The van der Waals surface area contributed by atoms with E-state index < -0.39 is 5.79 Å². The Bertz CT molecular complexity index is 812. The van der Waals surface area contributed by atoms with Gasteiger partial charge in [0.05, 0.1) is 29.2 Å². The Labute approximate surface area is 153 Å². The van der Waals surface area contributed by atoms with Crippen LogP contribution < -0.4 is 20.9 Å². The van der Waals surface area contributed by atoms with Gasteiger partial charge in [0, 0.05) is 6.92 Å². The average molecular weight is 349 g/mol. The molecule has 0 amide bonds. The number of nitrogens with zero attached hydrogens (tertiary/aromatic N) is 1. The monoisotopic (exact) mass is 349 g/mol. The molecule has 5 heteroatoms. The van der Waals surface area contributed by atoms with Gasteiger partial charge in [-0.15, -0.1) is 0 Å². The average Bonchev–Trinajstić information content (AvgIpc) is 2.65. The number of aromatic nitrogens is 1. The van der Waals surface area contributed by atoms with Crippen LogP contribution in [0.25, 0.3) is 0 Å².